The van der Waals surface area contributed by atoms with E-state index in [1.807, 2.05) is 5.38 Å². The van der Waals surface area contributed by atoms with Crippen molar-refractivity contribution in [3.8, 4) is 0 Å². The lowest BCUT2D eigenvalue weighted by Gasteiger charge is -1.99. The van der Waals surface area contributed by atoms with Crippen LogP contribution in [0.25, 0.3) is 0 Å². The maximum atomic E-state index is 11.6. The molecule has 0 aliphatic heterocycles. The van der Waals surface area contributed by atoms with Crippen molar-refractivity contribution in [2.45, 2.75) is 19.8 Å². The van der Waals surface area contributed by atoms with Crippen LogP contribution in [0.5, 0.6) is 0 Å². The zero-order valence-electron chi connectivity index (χ0n) is 9.27. The van der Waals surface area contributed by atoms with E-state index in [1.165, 1.54) is 11.3 Å². The molecule has 0 aliphatic carbocycles. The monoisotopic (exact) mass is 252 g/mol. The van der Waals surface area contributed by atoms with Crippen LogP contribution in [-0.2, 0) is 11.2 Å². The Hall–Kier alpha value is -1.89. The van der Waals surface area contributed by atoms with Crippen molar-refractivity contribution in [1.82, 2.24) is 10.1 Å². The first-order chi connectivity index (χ1) is 8.13. The summed E-state index contributed by atoms with van der Waals surface area (Å²) in [4.78, 5) is 15.6. The summed E-state index contributed by atoms with van der Waals surface area (Å²) in [6.07, 6.45) is 0.908. The third-order valence-electron chi connectivity index (χ3n) is 2.07. The van der Waals surface area contributed by atoms with Gasteiger partial charge in [-0.05, 0) is 13.3 Å². The summed E-state index contributed by atoms with van der Waals surface area (Å²) in [5, 5.41) is 8.69. The van der Waals surface area contributed by atoms with E-state index in [0.29, 0.717) is 29.6 Å². The van der Waals surface area contributed by atoms with Gasteiger partial charge in [0.15, 0.2) is 10.9 Å². The average molecular weight is 252 g/mol. The van der Waals surface area contributed by atoms with Gasteiger partial charge in [0.1, 0.15) is 5.76 Å². The smallest absolute Gasteiger partial charge is 0.226 e. The van der Waals surface area contributed by atoms with Gasteiger partial charge in [-0.1, -0.05) is 5.16 Å². The molecule has 0 unspecified atom stereocenters. The third-order valence-corrected chi connectivity index (χ3v) is 2.80. The number of aromatic nitrogens is 2. The Morgan fingerprint density at radius 2 is 2.47 bits per heavy atom. The van der Waals surface area contributed by atoms with E-state index in [2.05, 4.69) is 15.5 Å². The van der Waals surface area contributed by atoms with Gasteiger partial charge in [0, 0.05) is 17.9 Å². The van der Waals surface area contributed by atoms with Crippen LogP contribution in [0.3, 0.4) is 0 Å². The van der Waals surface area contributed by atoms with E-state index >= 15 is 0 Å². The van der Waals surface area contributed by atoms with Crippen molar-refractivity contribution in [1.29, 1.82) is 0 Å². The van der Waals surface area contributed by atoms with Gasteiger partial charge in [0.05, 0.1) is 5.69 Å². The highest BCUT2D eigenvalue weighted by molar-refractivity contribution is 7.13. The van der Waals surface area contributed by atoms with Gasteiger partial charge in [-0.15, -0.1) is 11.3 Å². The molecule has 0 aliphatic rings. The zero-order chi connectivity index (χ0) is 12.3. The number of rotatable bonds is 4. The topological polar surface area (TPSA) is 94.0 Å². The van der Waals surface area contributed by atoms with Crippen molar-refractivity contribution in [3.63, 3.8) is 0 Å². The van der Waals surface area contributed by atoms with Crippen LogP contribution in [0.1, 0.15) is 17.9 Å². The summed E-state index contributed by atoms with van der Waals surface area (Å²) in [6, 6.07) is 1.67. The fourth-order valence-corrected chi connectivity index (χ4v) is 1.91. The Morgan fingerprint density at radius 1 is 1.65 bits per heavy atom. The highest BCUT2D eigenvalue weighted by Gasteiger charge is 2.07. The maximum Gasteiger partial charge on any atom is 0.226 e. The molecular weight excluding hydrogens is 240 g/mol. The third kappa shape index (κ3) is 3.28. The summed E-state index contributed by atoms with van der Waals surface area (Å²) in [7, 11) is 0. The molecule has 90 valence electrons. The van der Waals surface area contributed by atoms with Crippen LogP contribution < -0.4 is 11.1 Å². The Balaban J connectivity index is 1.82. The van der Waals surface area contributed by atoms with E-state index in [-0.39, 0.29) is 5.91 Å². The molecular formula is C10H12N4O2S. The molecule has 0 aromatic carbocycles. The number of aryl methyl sites for hydroxylation is 2. The van der Waals surface area contributed by atoms with Crippen molar-refractivity contribution in [3.05, 3.63) is 22.9 Å². The number of carbonyl (C=O) groups excluding carboxylic acids is 1. The Morgan fingerprint density at radius 3 is 3.06 bits per heavy atom. The second kappa shape index (κ2) is 4.96. The minimum atomic E-state index is -0.120. The summed E-state index contributed by atoms with van der Waals surface area (Å²) in [5.74, 6) is 0.975. The summed E-state index contributed by atoms with van der Waals surface area (Å²) < 4.78 is 4.84. The summed E-state index contributed by atoms with van der Waals surface area (Å²) in [5.41, 5.74) is 6.33. The Labute approximate surface area is 102 Å². The van der Waals surface area contributed by atoms with Crippen LogP contribution >= 0.6 is 11.3 Å². The van der Waals surface area contributed by atoms with Gasteiger partial charge in [0.2, 0.25) is 5.91 Å². The normalized spacial score (nSPS) is 10.4. The number of nitrogens with one attached hydrogen (secondary N) is 1. The quantitative estimate of drug-likeness (QED) is 0.861. The molecule has 7 heteroatoms. The first kappa shape index (κ1) is 11.6. The average Bonchev–Trinajstić information content (AvgIpc) is 2.85. The number of anilines is 2. The minimum absolute atomic E-state index is 0.120. The number of hydrogen-bond acceptors (Lipinski definition) is 6. The number of nitrogens with two attached hydrogens (primary N) is 1. The highest BCUT2D eigenvalue weighted by Crippen LogP contribution is 2.13. The predicted octanol–water partition coefficient (Wildman–Crippen LogP) is 1.59. The van der Waals surface area contributed by atoms with E-state index in [4.69, 9.17) is 10.3 Å². The van der Waals surface area contributed by atoms with Crippen LogP contribution in [0.15, 0.2) is 16.0 Å². The van der Waals surface area contributed by atoms with E-state index < -0.39 is 0 Å². The van der Waals surface area contributed by atoms with E-state index in [9.17, 15) is 4.79 Å². The lowest BCUT2D eigenvalue weighted by Crippen LogP contribution is -2.12. The first-order valence-electron chi connectivity index (χ1n) is 5.06. The molecule has 2 aromatic rings. The van der Waals surface area contributed by atoms with Crippen LogP contribution in [0.4, 0.5) is 10.9 Å². The summed E-state index contributed by atoms with van der Waals surface area (Å²) >= 11 is 1.37. The van der Waals surface area contributed by atoms with Crippen molar-refractivity contribution in [2.24, 2.45) is 0 Å². The van der Waals surface area contributed by atoms with Gasteiger partial charge < -0.3 is 15.6 Å². The zero-order valence-corrected chi connectivity index (χ0v) is 10.1. The molecule has 0 saturated carbocycles. The number of nitrogen functional groups attached to an aromatic ring is 1. The van der Waals surface area contributed by atoms with Gasteiger partial charge in [-0.25, -0.2) is 4.98 Å². The molecule has 1 amide bonds. The fourth-order valence-electron chi connectivity index (χ4n) is 1.31. The van der Waals surface area contributed by atoms with Crippen LogP contribution in [-0.4, -0.2) is 16.0 Å². The number of thiazole rings is 1. The fraction of sp³-hybridized carbons (Fsp3) is 0.300. The van der Waals surface area contributed by atoms with Crippen molar-refractivity contribution in [2.75, 3.05) is 11.1 Å². The first-order valence-corrected chi connectivity index (χ1v) is 5.94. The molecule has 2 heterocycles. The number of nitrogens with zero attached hydrogens (tertiary/aromatic N) is 2. The molecule has 2 rings (SSSR count). The SMILES string of the molecule is Cc1cc(NC(=O)CCc2csc(N)n2)no1. The lowest BCUT2D eigenvalue weighted by atomic mass is 10.2. The molecule has 6 nitrogen and oxygen atoms in total. The molecule has 0 atom stereocenters. The van der Waals surface area contributed by atoms with Crippen LogP contribution in [0, 0.1) is 6.92 Å². The Kier molecular flexibility index (Phi) is 3.38. The van der Waals surface area contributed by atoms with Gasteiger partial charge in [-0.2, -0.15) is 0 Å². The molecule has 2 aromatic heterocycles. The summed E-state index contributed by atoms with van der Waals surface area (Å²) in [6.45, 7) is 1.76. The van der Waals surface area contributed by atoms with Gasteiger partial charge in [-0.3, -0.25) is 4.79 Å². The minimum Gasteiger partial charge on any atom is -0.375 e. The largest absolute Gasteiger partial charge is 0.375 e. The Bertz CT molecular complexity index is 520. The molecule has 3 N–H and O–H groups in total. The molecule has 0 fully saturated rings. The van der Waals surface area contributed by atoms with Crippen molar-refractivity contribution < 1.29 is 9.32 Å². The van der Waals surface area contributed by atoms with Gasteiger partial charge >= 0.3 is 0 Å². The predicted molar refractivity (Wildman–Crippen MR) is 64.7 cm³/mol. The van der Waals surface area contributed by atoms with E-state index in [1.54, 1.807) is 13.0 Å². The molecule has 17 heavy (non-hydrogen) atoms. The maximum absolute atomic E-state index is 11.6. The molecule has 0 saturated heterocycles. The standard InChI is InChI=1S/C10H12N4O2S/c1-6-4-8(14-16-6)13-9(15)3-2-7-5-17-10(11)12-7/h4-5H,2-3H2,1H3,(H2,11,12)(H,13,14,15). The molecule has 0 spiro atoms. The van der Waals surface area contributed by atoms with Crippen LogP contribution in [0.2, 0.25) is 0 Å². The molecule has 0 radical (unpaired) electrons. The van der Waals surface area contributed by atoms with Crippen molar-refractivity contribution >= 4 is 28.2 Å². The lowest BCUT2D eigenvalue weighted by molar-refractivity contribution is -0.116. The number of amides is 1. The van der Waals surface area contributed by atoms with E-state index in [0.717, 1.165) is 5.69 Å². The molecule has 0 bridgehead atoms. The number of hydrogen-bond donors (Lipinski definition) is 2. The highest BCUT2D eigenvalue weighted by atomic mass is 32.1. The second-order valence-electron chi connectivity index (χ2n) is 3.55. The van der Waals surface area contributed by atoms with Gasteiger partial charge in [0.25, 0.3) is 0 Å². The second-order valence-corrected chi connectivity index (χ2v) is 4.44. The number of carbonyl (C=O) groups is 1.